The molecule has 0 aromatic heterocycles. The number of urea groups is 1. The van der Waals surface area contributed by atoms with E-state index >= 15 is 0 Å². The molecular formula is C15H19N3O3. The lowest BCUT2D eigenvalue weighted by atomic mass is 9.96. The third kappa shape index (κ3) is 4.91. The second-order valence-corrected chi connectivity index (χ2v) is 5.11. The van der Waals surface area contributed by atoms with Crippen LogP contribution >= 0.6 is 0 Å². The molecule has 0 spiro atoms. The summed E-state index contributed by atoms with van der Waals surface area (Å²) < 4.78 is 0. The lowest BCUT2D eigenvalue weighted by Crippen LogP contribution is -2.41. The van der Waals surface area contributed by atoms with E-state index in [0.29, 0.717) is 0 Å². The number of hydrazone groups is 1. The summed E-state index contributed by atoms with van der Waals surface area (Å²) in [6.07, 6.45) is 7.08. The number of hydrogen-bond donors (Lipinski definition) is 3. The summed E-state index contributed by atoms with van der Waals surface area (Å²) in [4.78, 5) is 22.3. The van der Waals surface area contributed by atoms with Crippen LogP contribution in [-0.4, -0.2) is 29.4 Å². The average molecular weight is 289 g/mol. The lowest BCUT2D eigenvalue weighted by Gasteiger charge is -2.22. The minimum absolute atomic E-state index is 0.218. The van der Waals surface area contributed by atoms with E-state index in [9.17, 15) is 9.59 Å². The zero-order valence-corrected chi connectivity index (χ0v) is 11.7. The van der Waals surface area contributed by atoms with Gasteiger partial charge in [0.25, 0.3) is 0 Å². The molecule has 0 atom stereocenters. The van der Waals surface area contributed by atoms with E-state index in [-0.39, 0.29) is 17.6 Å². The van der Waals surface area contributed by atoms with Crippen molar-refractivity contribution in [3.05, 3.63) is 35.4 Å². The van der Waals surface area contributed by atoms with E-state index in [1.807, 2.05) is 0 Å². The van der Waals surface area contributed by atoms with Crippen LogP contribution in [0.1, 0.15) is 48.0 Å². The fraction of sp³-hybridized carbons (Fsp3) is 0.400. The minimum atomic E-state index is -0.969. The first-order valence-corrected chi connectivity index (χ1v) is 7.08. The normalized spacial score (nSPS) is 15.8. The largest absolute Gasteiger partial charge is 0.478 e. The standard InChI is InChI=1S/C15H19N3O3/c19-14(20)12-8-6-11(7-9-12)10-16-18-15(21)17-13-4-2-1-3-5-13/h6-10,13H,1-5H2,(H,19,20)(H2,17,18,21)/b16-10-. The molecule has 21 heavy (non-hydrogen) atoms. The number of nitrogens with zero attached hydrogens (tertiary/aromatic N) is 1. The van der Waals surface area contributed by atoms with E-state index < -0.39 is 5.97 Å². The van der Waals surface area contributed by atoms with Crippen molar-refractivity contribution < 1.29 is 14.7 Å². The van der Waals surface area contributed by atoms with Gasteiger partial charge in [0, 0.05) is 6.04 Å². The highest BCUT2D eigenvalue weighted by Crippen LogP contribution is 2.17. The van der Waals surface area contributed by atoms with Crippen molar-refractivity contribution in [1.82, 2.24) is 10.7 Å². The summed E-state index contributed by atoms with van der Waals surface area (Å²) in [6, 6.07) is 6.18. The van der Waals surface area contributed by atoms with Gasteiger partial charge in [-0.15, -0.1) is 0 Å². The summed E-state index contributed by atoms with van der Waals surface area (Å²) in [7, 11) is 0. The van der Waals surface area contributed by atoms with Gasteiger partial charge in [-0.25, -0.2) is 15.0 Å². The lowest BCUT2D eigenvalue weighted by molar-refractivity contribution is 0.0697. The van der Waals surface area contributed by atoms with Gasteiger partial charge in [-0.1, -0.05) is 31.4 Å². The highest BCUT2D eigenvalue weighted by atomic mass is 16.4. The molecular weight excluding hydrogens is 270 g/mol. The Hall–Kier alpha value is -2.37. The van der Waals surface area contributed by atoms with Gasteiger partial charge in [-0.3, -0.25) is 0 Å². The Kier molecular flexibility index (Phi) is 5.31. The van der Waals surface area contributed by atoms with Crippen LogP contribution < -0.4 is 10.7 Å². The first kappa shape index (κ1) is 15.0. The van der Waals surface area contributed by atoms with Gasteiger partial charge in [-0.05, 0) is 30.5 Å². The highest BCUT2D eigenvalue weighted by Gasteiger charge is 2.14. The van der Waals surface area contributed by atoms with Crippen molar-refractivity contribution in [2.45, 2.75) is 38.1 Å². The molecule has 0 radical (unpaired) electrons. The number of benzene rings is 1. The third-order valence-corrected chi connectivity index (χ3v) is 3.48. The molecule has 3 N–H and O–H groups in total. The number of hydrogen-bond acceptors (Lipinski definition) is 3. The van der Waals surface area contributed by atoms with Crippen LogP contribution in [0.25, 0.3) is 0 Å². The Morgan fingerprint density at radius 3 is 2.43 bits per heavy atom. The van der Waals surface area contributed by atoms with Crippen molar-refractivity contribution >= 4 is 18.2 Å². The molecule has 6 nitrogen and oxygen atoms in total. The van der Waals surface area contributed by atoms with Crippen LogP contribution in [0, 0.1) is 0 Å². The SMILES string of the molecule is O=C(N/N=C\c1ccc(C(=O)O)cc1)NC1CCCCC1. The van der Waals surface area contributed by atoms with E-state index in [0.717, 1.165) is 31.2 Å². The van der Waals surface area contributed by atoms with Gasteiger partial charge in [-0.2, -0.15) is 5.10 Å². The Morgan fingerprint density at radius 1 is 1.14 bits per heavy atom. The van der Waals surface area contributed by atoms with Gasteiger partial charge in [0.05, 0.1) is 11.8 Å². The topological polar surface area (TPSA) is 90.8 Å². The maximum absolute atomic E-state index is 11.6. The van der Waals surface area contributed by atoms with Crippen LogP contribution in [0.5, 0.6) is 0 Å². The number of amides is 2. The molecule has 0 heterocycles. The van der Waals surface area contributed by atoms with Crippen LogP contribution in [-0.2, 0) is 0 Å². The molecule has 1 aromatic rings. The quantitative estimate of drug-likeness (QED) is 0.587. The van der Waals surface area contributed by atoms with Crippen LogP contribution in [0.4, 0.5) is 4.79 Å². The third-order valence-electron chi connectivity index (χ3n) is 3.48. The molecule has 1 saturated carbocycles. The molecule has 0 aliphatic heterocycles. The predicted molar refractivity (Wildman–Crippen MR) is 79.5 cm³/mol. The number of carboxylic acid groups (broad SMARTS) is 1. The van der Waals surface area contributed by atoms with Gasteiger partial charge in [0.15, 0.2) is 0 Å². The smallest absolute Gasteiger partial charge is 0.335 e. The summed E-state index contributed by atoms with van der Waals surface area (Å²) in [6.45, 7) is 0. The molecule has 2 rings (SSSR count). The van der Waals surface area contributed by atoms with Crippen molar-refractivity contribution in [2.24, 2.45) is 5.10 Å². The summed E-state index contributed by atoms with van der Waals surface area (Å²) in [5.41, 5.74) is 3.36. The molecule has 1 aromatic carbocycles. The number of rotatable bonds is 4. The van der Waals surface area contributed by atoms with Crippen LogP contribution in [0.15, 0.2) is 29.4 Å². The molecule has 6 heteroatoms. The minimum Gasteiger partial charge on any atom is -0.478 e. The fourth-order valence-electron chi connectivity index (χ4n) is 2.34. The monoisotopic (exact) mass is 289 g/mol. The Morgan fingerprint density at radius 2 is 1.81 bits per heavy atom. The maximum Gasteiger partial charge on any atom is 0.335 e. The molecule has 1 aliphatic rings. The molecule has 0 unspecified atom stereocenters. The molecule has 1 fully saturated rings. The highest BCUT2D eigenvalue weighted by molar-refractivity contribution is 5.89. The van der Waals surface area contributed by atoms with E-state index in [2.05, 4.69) is 15.8 Å². The van der Waals surface area contributed by atoms with E-state index in [4.69, 9.17) is 5.11 Å². The number of aromatic carboxylic acids is 1. The van der Waals surface area contributed by atoms with Crippen LogP contribution in [0.2, 0.25) is 0 Å². The first-order valence-electron chi connectivity index (χ1n) is 7.08. The second kappa shape index (κ2) is 7.42. The second-order valence-electron chi connectivity index (χ2n) is 5.11. The van der Waals surface area contributed by atoms with E-state index in [1.54, 1.807) is 12.1 Å². The van der Waals surface area contributed by atoms with Crippen molar-refractivity contribution in [2.75, 3.05) is 0 Å². The average Bonchev–Trinajstić information content (AvgIpc) is 2.49. The van der Waals surface area contributed by atoms with Crippen molar-refractivity contribution in [3.8, 4) is 0 Å². The fourth-order valence-corrected chi connectivity index (χ4v) is 2.34. The first-order chi connectivity index (χ1) is 10.1. The Labute approximate surface area is 123 Å². The molecule has 1 aliphatic carbocycles. The molecule has 112 valence electrons. The maximum atomic E-state index is 11.6. The van der Waals surface area contributed by atoms with Crippen molar-refractivity contribution in [1.29, 1.82) is 0 Å². The Balaban J connectivity index is 1.78. The number of nitrogens with one attached hydrogen (secondary N) is 2. The van der Waals surface area contributed by atoms with E-state index in [1.165, 1.54) is 24.8 Å². The number of carbonyl (C=O) groups excluding carboxylic acids is 1. The van der Waals surface area contributed by atoms with Gasteiger partial charge >= 0.3 is 12.0 Å². The predicted octanol–water partition coefficient (Wildman–Crippen LogP) is 2.35. The Bertz CT molecular complexity index is 519. The summed E-state index contributed by atoms with van der Waals surface area (Å²) in [5.74, 6) is -0.969. The zero-order chi connectivity index (χ0) is 15.1. The molecule has 0 bridgehead atoms. The number of carboxylic acids is 1. The van der Waals surface area contributed by atoms with Gasteiger partial charge in [0.2, 0.25) is 0 Å². The van der Waals surface area contributed by atoms with Gasteiger partial charge in [0.1, 0.15) is 0 Å². The molecule has 0 saturated heterocycles. The molecule has 2 amide bonds. The van der Waals surface area contributed by atoms with Crippen molar-refractivity contribution in [3.63, 3.8) is 0 Å². The zero-order valence-electron chi connectivity index (χ0n) is 11.7. The number of carbonyl (C=O) groups is 2. The summed E-state index contributed by atoms with van der Waals surface area (Å²) >= 11 is 0. The summed E-state index contributed by atoms with van der Waals surface area (Å²) in [5, 5.41) is 15.5. The van der Waals surface area contributed by atoms with Gasteiger partial charge < -0.3 is 10.4 Å². The van der Waals surface area contributed by atoms with Crippen LogP contribution in [0.3, 0.4) is 0 Å².